The van der Waals surface area contributed by atoms with E-state index in [-0.39, 0.29) is 24.2 Å². The summed E-state index contributed by atoms with van der Waals surface area (Å²) in [5, 5.41) is 11.6. The van der Waals surface area contributed by atoms with E-state index >= 15 is 0 Å². The topological polar surface area (TPSA) is 189 Å². The molecule has 12 heteroatoms. The number of nitrogens with two attached hydrogens (primary N) is 2. The van der Waals surface area contributed by atoms with Crippen LogP contribution < -0.4 is 32.7 Å². The third-order valence-corrected chi connectivity index (χ3v) is 10.1. The number of benzene rings is 2. The Morgan fingerprint density at radius 1 is 0.784 bits per heavy atom. The van der Waals surface area contributed by atoms with E-state index in [1.807, 2.05) is 74.5 Å². The summed E-state index contributed by atoms with van der Waals surface area (Å²) in [7, 11) is 0. The Labute approximate surface area is 302 Å². The number of hydrogen-bond acceptors (Lipinski definition) is 7. The Hall–Kier alpha value is -4.29. The van der Waals surface area contributed by atoms with Crippen LogP contribution in [-0.2, 0) is 36.8 Å². The minimum absolute atomic E-state index is 0.0388. The third kappa shape index (κ3) is 11.6. The van der Waals surface area contributed by atoms with Gasteiger partial charge in [-0.15, -0.1) is 0 Å². The van der Waals surface area contributed by atoms with Gasteiger partial charge in [-0.1, -0.05) is 74.5 Å². The number of carbonyl (C=O) groups excluding carboxylic acids is 5. The SMILES string of the molecule is CC(C)C[C@@H](NC(=O)[C@@H](Cc1ccccc1)NC(=O)[C@H](N)CCc1ccccc1)C(=O)N[C@H](CCCCN)C(=O)N1CCC2(CCNC2=O)CC1. The van der Waals surface area contributed by atoms with E-state index < -0.39 is 47.3 Å². The minimum atomic E-state index is -0.986. The van der Waals surface area contributed by atoms with Gasteiger partial charge in [-0.3, -0.25) is 24.0 Å². The van der Waals surface area contributed by atoms with Crippen molar-refractivity contribution in [3.63, 3.8) is 0 Å². The molecule has 2 saturated heterocycles. The molecule has 5 amide bonds. The number of nitrogens with one attached hydrogen (secondary N) is 4. The van der Waals surface area contributed by atoms with E-state index in [1.54, 1.807) is 4.90 Å². The number of hydrogen-bond donors (Lipinski definition) is 6. The highest BCUT2D eigenvalue weighted by molar-refractivity contribution is 5.95. The summed E-state index contributed by atoms with van der Waals surface area (Å²) in [6.07, 6.45) is 5.23. The fraction of sp³-hybridized carbons (Fsp3) is 0.564. The normalized spacial score (nSPS) is 17.7. The Kier molecular flexibility index (Phi) is 15.0. The quantitative estimate of drug-likeness (QED) is 0.128. The van der Waals surface area contributed by atoms with Crippen LogP contribution in [0.5, 0.6) is 0 Å². The molecule has 0 aromatic heterocycles. The minimum Gasteiger partial charge on any atom is -0.356 e. The highest BCUT2D eigenvalue weighted by atomic mass is 16.2. The number of nitrogens with zero attached hydrogens (tertiary/aromatic N) is 1. The van der Waals surface area contributed by atoms with E-state index in [4.69, 9.17) is 11.5 Å². The Bertz CT molecular complexity index is 1450. The third-order valence-electron chi connectivity index (χ3n) is 10.1. The van der Waals surface area contributed by atoms with Crippen molar-refractivity contribution in [1.29, 1.82) is 0 Å². The van der Waals surface area contributed by atoms with Crippen LogP contribution in [0.25, 0.3) is 0 Å². The molecule has 2 aromatic rings. The molecule has 2 aliphatic rings. The molecule has 8 N–H and O–H groups in total. The number of unbranched alkanes of at least 4 members (excludes halogenated alkanes) is 1. The van der Waals surface area contributed by atoms with Gasteiger partial charge >= 0.3 is 0 Å². The summed E-state index contributed by atoms with van der Waals surface area (Å²) < 4.78 is 0. The first-order valence-corrected chi connectivity index (χ1v) is 18.5. The molecule has 0 unspecified atom stereocenters. The molecule has 278 valence electrons. The predicted octanol–water partition coefficient (Wildman–Crippen LogP) is 1.95. The summed E-state index contributed by atoms with van der Waals surface area (Å²) in [4.78, 5) is 69.3. The van der Waals surface area contributed by atoms with Gasteiger partial charge in [0.25, 0.3) is 0 Å². The molecule has 2 aromatic carbocycles. The van der Waals surface area contributed by atoms with Gasteiger partial charge in [0.1, 0.15) is 18.1 Å². The maximum atomic E-state index is 13.9. The van der Waals surface area contributed by atoms with Gasteiger partial charge < -0.3 is 37.6 Å². The molecule has 2 fully saturated rings. The predicted molar refractivity (Wildman–Crippen MR) is 197 cm³/mol. The second-order valence-corrected chi connectivity index (χ2v) is 14.5. The van der Waals surface area contributed by atoms with E-state index in [2.05, 4.69) is 21.3 Å². The number of carbonyl (C=O) groups is 5. The lowest BCUT2D eigenvalue weighted by molar-refractivity contribution is -0.142. The molecule has 1 spiro atoms. The van der Waals surface area contributed by atoms with Gasteiger partial charge in [-0.2, -0.15) is 0 Å². The van der Waals surface area contributed by atoms with E-state index in [1.165, 1.54) is 0 Å². The van der Waals surface area contributed by atoms with Gasteiger partial charge in [-0.05, 0) is 81.4 Å². The van der Waals surface area contributed by atoms with Gasteiger partial charge in [0, 0.05) is 26.1 Å². The monoisotopic (exact) mass is 703 g/mol. The molecule has 51 heavy (non-hydrogen) atoms. The molecule has 4 rings (SSSR count). The van der Waals surface area contributed by atoms with Crippen molar-refractivity contribution < 1.29 is 24.0 Å². The van der Waals surface area contributed by atoms with Crippen molar-refractivity contribution in [3.05, 3.63) is 71.8 Å². The van der Waals surface area contributed by atoms with Gasteiger partial charge in [0.05, 0.1) is 11.5 Å². The zero-order valence-electron chi connectivity index (χ0n) is 30.2. The summed E-state index contributed by atoms with van der Waals surface area (Å²) in [6.45, 7) is 5.91. The standard InChI is InChI=1S/C39H57N7O5/c1-27(2)25-32(35(48)43-31(15-9-10-21-40)37(50)46-23-19-39(20-24-46)18-22-42-38(39)51)45-36(49)33(26-29-13-7-4-8-14-29)44-34(47)30(41)17-16-28-11-5-3-6-12-28/h3-8,11-14,27,30-33H,9-10,15-26,40-41H2,1-2H3,(H,42,51)(H,43,48)(H,44,47)(H,45,49)/t30-,31-,32-,33-/m1/s1. The zero-order chi connectivity index (χ0) is 36.8. The summed E-state index contributed by atoms with van der Waals surface area (Å²) >= 11 is 0. The molecule has 0 saturated carbocycles. The van der Waals surface area contributed by atoms with Crippen LogP contribution in [0, 0.1) is 11.3 Å². The van der Waals surface area contributed by atoms with Crippen molar-refractivity contribution in [1.82, 2.24) is 26.2 Å². The second kappa shape index (κ2) is 19.4. The molecule has 12 nitrogen and oxygen atoms in total. The number of amides is 5. The van der Waals surface area contributed by atoms with Crippen LogP contribution in [0.4, 0.5) is 0 Å². The van der Waals surface area contributed by atoms with Crippen LogP contribution in [0.1, 0.15) is 76.3 Å². The number of piperidine rings is 1. The van der Waals surface area contributed by atoms with Crippen LogP contribution in [0.2, 0.25) is 0 Å². The van der Waals surface area contributed by atoms with E-state index in [0.29, 0.717) is 77.5 Å². The molecule has 2 aliphatic heterocycles. The average Bonchev–Trinajstić information content (AvgIpc) is 3.48. The lowest BCUT2D eigenvalue weighted by Crippen LogP contribution is -2.59. The highest BCUT2D eigenvalue weighted by Gasteiger charge is 2.45. The molecule has 0 radical (unpaired) electrons. The van der Waals surface area contributed by atoms with Crippen molar-refractivity contribution in [2.24, 2.45) is 22.8 Å². The number of likely N-dealkylation sites (tertiary alicyclic amines) is 1. The first kappa shape index (κ1) is 39.5. The largest absolute Gasteiger partial charge is 0.356 e. The summed E-state index contributed by atoms with van der Waals surface area (Å²) in [6, 6.07) is 15.5. The smallest absolute Gasteiger partial charge is 0.245 e. The summed E-state index contributed by atoms with van der Waals surface area (Å²) in [5.74, 6) is -1.51. The fourth-order valence-corrected chi connectivity index (χ4v) is 7.00. The van der Waals surface area contributed by atoms with Gasteiger partial charge in [0.15, 0.2) is 0 Å². The lowest BCUT2D eigenvalue weighted by Gasteiger charge is -2.39. The Balaban J connectivity index is 1.45. The maximum Gasteiger partial charge on any atom is 0.245 e. The number of rotatable bonds is 18. The molecular weight excluding hydrogens is 646 g/mol. The fourth-order valence-electron chi connectivity index (χ4n) is 7.00. The lowest BCUT2D eigenvalue weighted by atomic mass is 9.77. The molecular formula is C39H57N7O5. The van der Waals surface area contributed by atoms with Crippen LogP contribution in [0.15, 0.2) is 60.7 Å². The molecule has 4 atom stereocenters. The first-order valence-electron chi connectivity index (χ1n) is 18.5. The van der Waals surface area contributed by atoms with E-state index in [0.717, 1.165) is 17.5 Å². The van der Waals surface area contributed by atoms with Gasteiger partial charge in [-0.25, -0.2) is 0 Å². The Morgan fingerprint density at radius 3 is 1.96 bits per heavy atom. The highest BCUT2D eigenvalue weighted by Crippen LogP contribution is 2.38. The average molecular weight is 704 g/mol. The second-order valence-electron chi connectivity index (χ2n) is 14.5. The number of aryl methyl sites for hydroxylation is 1. The van der Waals surface area contributed by atoms with Crippen molar-refractivity contribution >= 4 is 29.5 Å². The van der Waals surface area contributed by atoms with Crippen molar-refractivity contribution in [3.8, 4) is 0 Å². The molecule has 0 bridgehead atoms. The molecule has 2 heterocycles. The Morgan fingerprint density at radius 2 is 1.37 bits per heavy atom. The summed E-state index contributed by atoms with van der Waals surface area (Å²) in [5.41, 5.74) is 13.5. The van der Waals surface area contributed by atoms with Gasteiger partial charge in [0.2, 0.25) is 29.5 Å². The first-order chi connectivity index (χ1) is 24.5. The zero-order valence-corrected chi connectivity index (χ0v) is 30.2. The van der Waals surface area contributed by atoms with Crippen molar-refractivity contribution in [2.75, 3.05) is 26.2 Å². The van der Waals surface area contributed by atoms with E-state index in [9.17, 15) is 24.0 Å². The van der Waals surface area contributed by atoms with Crippen LogP contribution in [-0.4, -0.2) is 84.8 Å². The maximum absolute atomic E-state index is 13.9. The van der Waals surface area contributed by atoms with Crippen molar-refractivity contribution in [2.45, 2.75) is 102 Å². The van der Waals surface area contributed by atoms with Crippen LogP contribution >= 0.6 is 0 Å². The molecule has 0 aliphatic carbocycles. The van der Waals surface area contributed by atoms with Crippen LogP contribution in [0.3, 0.4) is 0 Å².